The summed E-state index contributed by atoms with van der Waals surface area (Å²) in [4.78, 5) is 37.6. The van der Waals surface area contributed by atoms with Crippen LogP contribution in [-0.2, 0) is 4.79 Å². The third kappa shape index (κ3) is 5.10. The molecule has 1 saturated carbocycles. The van der Waals surface area contributed by atoms with Gasteiger partial charge >= 0.3 is 0 Å². The van der Waals surface area contributed by atoms with E-state index in [4.69, 9.17) is 0 Å². The van der Waals surface area contributed by atoms with Gasteiger partial charge in [0.15, 0.2) is 5.82 Å². The number of hydrogen-bond donors (Lipinski definition) is 2. The van der Waals surface area contributed by atoms with Crippen molar-refractivity contribution in [1.82, 2.24) is 14.8 Å². The first kappa shape index (κ1) is 23.9. The summed E-state index contributed by atoms with van der Waals surface area (Å²) in [5.41, 5.74) is 1.57. The van der Waals surface area contributed by atoms with Gasteiger partial charge in [-0.25, -0.2) is 4.98 Å². The van der Waals surface area contributed by atoms with Crippen LogP contribution < -0.4 is 10.2 Å². The number of piperidine rings is 1. The van der Waals surface area contributed by atoms with Gasteiger partial charge < -0.3 is 15.3 Å². The molecule has 2 aromatic rings. The van der Waals surface area contributed by atoms with Gasteiger partial charge in [-0.15, -0.1) is 0 Å². The lowest BCUT2D eigenvalue weighted by Gasteiger charge is -2.41. The molecule has 0 radical (unpaired) electrons. The van der Waals surface area contributed by atoms with Crippen LogP contribution >= 0.6 is 0 Å². The fraction of sp³-hybridized carbons (Fsp3) is 0.519. The number of carbonyl (C=O) groups excluding carboxylic acids is 2. The summed E-state index contributed by atoms with van der Waals surface area (Å²) >= 11 is 0. The number of carbonyl (C=O) groups is 2. The lowest BCUT2D eigenvalue weighted by molar-refractivity contribution is -0.120. The summed E-state index contributed by atoms with van der Waals surface area (Å²) in [5, 5.41) is 12.8. The smallest absolute Gasteiger partial charge is 0.257 e. The molecule has 1 aliphatic carbocycles. The maximum atomic E-state index is 13.9. The number of anilines is 3. The molecule has 2 aliphatic heterocycles. The number of likely N-dealkylation sites (N-methyl/N-ethyl adjacent to an activating group) is 1. The number of aliphatic hydroxyl groups excluding tert-OH is 1. The number of para-hydroxylation sites is 1. The maximum Gasteiger partial charge on any atom is 0.257 e. The topological polar surface area (TPSA) is 89.0 Å². The number of amides is 2. The second-order valence-corrected chi connectivity index (χ2v) is 10.1. The summed E-state index contributed by atoms with van der Waals surface area (Å²) in [6.07, 6.45) is 8.60. The number of aliphatic hydroxyl groups is 1. The molecule has 1 aromatic carbocycles. The molecule has 8 nitrogen and oxygen atoms in total. The maximum absolute atomic E-state index is 13.9. The number of nitrogens with zero attached hydrogens (tertiary/aromatic N) is 4. The van der Waals surface area contributed by atoms with E-state index in [-0.39, 0.29) is 24.5 Å². The molecule has 5 rings (SSSR count). The summed E-state index contributed by atoms with van der Waals surface area (Å²) in [6.45, 7) is 2.08. The average Bonchev–Trinajstić information content (AvgIpc) is 2.99. The predicted molar refractivity (Wildman–Crippen MR) is 136 cm³/mol. The number of likely N-dealkylation sites (tertiary alicyclic amines) is 1. The first-order chi connectivity index (χ1) is 17.0. The van der Waals surface area contributed by atoms with Crippen LogP contribution in [0.2, 0.25) is 0 Å². The molecule has 35 heavy (non-hydrogen) atoms. The monoisotopic (exact) mass is 477 g/mol. The first-order valence-corrected chi connectivity index (χ1v) is 12.8. The number of pyridine rings is 1. The van der Waals surface area contributed by atoms with Crippen molar-refractivity contribution in [2.24, 2.45) is 0 Å². The minimum absolute atomic E-state index is 0.0794. The molecule has 1 unspecified atom stereocenters. The van der Waals surface area contributed by atoms with Crippen molar-refractivity contribution in [1.29, 1.82) is 0 Å². The Hall–Kier alpha value is -2.81. The van der Waals surface area contributed by atoms with Gasteiger partial charge in [0.05, 0.1) is 29.6 Å². The van der Waals surface area contributed by atoms with Gasteiger partial charge in [-0.3, -0.25) is 19.4 Å². The summed E-state index contributed by atoms with van der Waals surface area (Å²) < 4.78 is 0. The Morgan fingerprint density at radius 3 is 2.74 bits per heavy atom. The van der Waals surface area contributed by atoms with Gasteiger partial charge in [0, 0.05) is 24.8 Å². The zero-order valence-corrected chi connectivity index (χ0v) is 20.4. The second kappa shape index (κ2) is 10.4. The number of hydrogen-bond acceptors (Lipinski definition) is 6. The van der Waals surface area contributed by atoms with Crippen LogP contribution in [-0.4, -0.2) is 76.6 Å². The minimum atomic E-state index is -0.236. The highest BCUT2D eigenvalue weighted by molar-refractivity contribution is 6.17. The van der Waals surface area contributed by atoms with E-state index in [1.807, 2.05) is 18.2 Å². The predicted octanol–water partition coefficient (Wildman–Crippen LogP) is 3.40. The van der Waals surface area contributed by atoms with Gasteiger partial charge in [0.25, 0.3) is 5.91 Å². The van der Waals surface area contributed by atoms with Gasteiger partial charge in [-0.05, 0) is 76.4 Å². The van der Waals surface area contributed by atoms with Crippen LogP contribution in [0.25, 0.3) is 0 Å². The molecule has 1 saturated heterocycles. The average molecular weight is 478 g/mol. The van der Waals surface area contributed by atoms with Crippen LogP contribution in [0.15, 0.2) is 42.6 Å². The highest BCUT2D eigenvalue weighted by atomic mass is 16.3. The van der Waals surface area contributed by atoms with E-state index in [0.717, 1.165) is 51.6 Å². The molecule has 1 atom stereocenters. The molecule has 186 valence electrons. The van der Waals surface area contributed by atoms with Crippen molar-refractivity contribution in [3.63, 3.8) is 0 Å². The van der Waals surface area contributed by atoms with Crippen molar-refractivity contribution in [2.45, 2.75) is 63.1 Å². The van der Waals surface area contributed by atoms with E-state index in [9.17, 15) is 14.7 Å². The Bertz CT molecular complexity index is 1070. The minimum Gasteiger partial charge on any atom is -0.393 e. The van der Waals surface area contributed by atoms with Crippen molar-refractivity contribution in [3.05, 3.63) is 48.2 Å². The summed E-state index contributed by atoms with van der Waals surface area (Å²) in [6, 6.07) is 11.6. The third-order valence-corrected chi connectivity index (χ3v) is 7.76. The highest BCUT2D eigenvalue weighted by Crippen LogP contribution is 2.36. The zero-order valence-electron chi connectivity index (χ0n) is 20.4. The van der Waals surface area contributed by atoms with E-state index < -0.39 is 0 Å². The molecule has 2 amide bonds. The molecule has 2 N–H and O–H groups in total. The van der Waals surface area contributed by atoms with Crippen LogP contribution in [0.5, 0.6) is 0 Å². The van der Waals surface area contributed by atoms with Gasteiger partial charge in [0.2, 0.25) is 5.91 Å². The number of benzene rings is 1. The fourth-order valence-electron chi connectivity index (χ4n) is 5.79. The van der Waals surface area contributed by atoms with Crippen LogP contribution in [0, 0.1) is 0 Å². The molecular weight excluding hydrogens is 442 g/mol. The largest absolute Gasteiger partial charge is 0.393 e. The van der Waals surface area contributed by atoms with E-state index in [1.54, 1.807) is 29.3 Å². The molecular formula is C27H35N5O3. The first-order valence-electron chi connectivity index (χ1n) is 12.8. The standard InChI is InChI=1S/C27H35N5O3/c1-30(19-11-13-21(33)14-12-19)17-20-7-4-5-16-31(20)18-25(34)32-24-10-3-2-8-22(24)27(35)29-23-9-6-15-28-26(23)32/h2-3,6,8-10,15,19-21,33H,4-5,7,11-14,16-18H2,1H3,(H,29,35). The Morgan fingerprint density at radius 2 is 1.91 bits per heavy atom. The normalized spacial score (nSPS) is 24.9. The van der Waals surface area contributed by atoms with E-state index in [0.29, 0.717) is 34.8 Å². The Kier molecular flexibility index (Phi) is 7.13. The van der Waals surface area contributed by atoms with Crippen molar-refractivity contribution >= 4 is 29.0 Å². The van der Waals surface area contributed by atoms with Crippen LogP contribution in [0.1, 0.15) is 55.3 Å². The van der Waals surface area contributed by atoms with Gasteiger partial charge in [-0.2, -0.15) is 0 Å². The number of aromatic nitrogens is 1. The van der Waals surface area contributed by atoms with Crippen LogP contribution in [0.3, 0.4) is 0 Å². The molecule has 0 spiro atoms. The molecule has 3 heterocycles. The zero-order chi connectivity index (χ0) is 24.4. The molecule has 2 fully saturated rings. The second-order valence-electron chi connectivity index (χ2n) is 10.1. The summed E-state index contributed by atoms with van der Waals surface area (Å²) in [7, 11) is 2.18. The van der Waals surface area contributed by atoms with Gasteiger partial charge in [-0.1, -0.05) is 18.6 Å². The third-order valence-electron chi connectivity index (χ3n) is 7.76. The van der Waals surface area contributed by atoms with E-state index >= 15 is 0 Å². The van der Waals surface area contributed by atoms with Crippen molar-refractivity contribution < 1.29 is 14.7 Å². The lowest BCUT2D eigenvalue weighted by Crippen LogP contribution is -2.51. The summed E-state index contributed by atoms with van der Waals surface area (Å²) in [5.74, 6) is 0.145. The molecule has 3 aliphatic rings. The lowest BCUT2D eigenvalue weighted by atomic mass is 9.91. The van der Waals surface area contributed by atoms with E-state index in [2.05, 4.69) is 27.1 Å². The Morgan fingerprint density at radius 1 is 1.11 bits per heavy atom. The number of fused-ring (bicyclic) bond motifs is 2. The SMILES string of the molecule is CN(CC1CCCCN1CC(=O)N1c2ccccc2C(=O)Nc2cccnc21)C1CCC(O)CC1. The number of nitrogens with one attached hydrogen (secondary N) is 1. The highest BCUT2D eigenvalue weighted by Gasteiger charge is 2.34. The fourth-order valence-corrected chi connectivity index (χ4v) is 5.79. The Balaban J connectivity index is 1.36. The Labute approximate surface area is 206 Å². The molecule has 8 heteroatoms. The molecule has 1 aromatic heterocycles. The van der Waals surface area contributed by atoms with E-state index in [1.165, 1.54) is 6.42 Å². The number of rotatable bonds is 5. The van der Waals surface area contributed by atoms with Crippen molar-refractivity contribution in [2.75, 3.05) is 36.9 Å². The van der Waals surface area contributed by atoms with Crippen LogP contribution in [0.4, 0.5) is 17.2 Å². The molecule has 0 bridgehead atoms. The van der Waals surface area contributed by atoms with Gasteiger partial charge in [0.1, 0.15) is 0 Å². The van der Waals surface area contributed by atoms with Crippen molar-refractivity contribution in [3.8, 4) is 0 Å². The quantitative estimate of drug-likeness (QED) is 0.686.